The molecule has 1 heterocycles. The second kappa shape index (κ2) is 6.67. The lowest BCUT2D eigenvalue weighted by Crippen LogP contribution is -2.25. The maximum absolute atomic E-state index is 14.1. The zero-order chi connectivity index (χ0) is 17.3. The molecule has 2 aromatic rings. The standard InChI is InChI=1S/C18H18F2N2O2/c19-13-4-5-16(20)15(7-13)17-8-14(23)10-22(17)9-11-2-1-3-12(6-11)18(21)24/h1-7,14,17,23H,8-10H2,(H2,21,24)/t14-,17-/m0/s1. The highest BCUT2D eigenvalue weighted by molar-refractivity contribution is 5.92. The zero-order valence-corrected chi connectivity index (χ0v) is 13.0. The van der Waals surface area contributed by atoms with Crippen LogP contribution in [-0.2, 0) is 6.54 Å². The van der Waals surface area contributed by atoms with Crippen molar-refractivity contribution in [2.24, 2.45) is 5.73 Å². The Balaban J connectivity index is 1.87. The topological polar surface area (TPSA) is 66.6 Å². The van der Waals surface area contributed by atoms with E-state index in [0.717, 1.165) is 17.7 Å². The quantitative estimate of drug-likeness (QED) is 0.903. The van der Waals surface area contributed by atoms with Gasteiger partial charge in [0.05, 0.1) is 6.10 Å². The van der Waals surface area contributed by atoms with Crippen molar-refractivity contribution in [1.29, 1.82) is 0 Å². The first-order valence-corrected chi connectivity index (χ1v) is 7.70. The molecule has 3 rings (SSSR count). The van der Waals surface area contributed by atoms with Gasteiger partial charge in [-0.3, -0.25) is 9.69 Å². The van der Waals surface area contributed by atoms with Crippen LogP contribution in [0.5, 0.6) is 0 Å². The molecule has 0 radical (unpaired) electrons. The number of β-amino-alcohol motifs (C(OH)–C–C–N with tert-alkyl or cyclic N) is 1. The predicted octanol–water partition coefficient (Wildman–Crippen LogP) is 2.37. The lowest BCUT2D eigenvalue weighted by Gasteiger charge is -2.25. The normalized spacial score (nSPS) is 21.1. The summed E-state index contributed by atoms with van der Waals surface area (Å²) in [4.78, 5) is 13.2. The van der Waals surface area contributed by atoms with Gasteiger partial charge in [-0.1, -0.05) is 12.1 Å². The van der Waals surface area contributed by atoms with E-state index >= 15 is 0 Å². The molecule has 24 heavy (non-hydrogen) atoms. The number of aliphatic hydroxyl groups excluding tert-OH is 1. The Morgan fingerprint density at radius 1 is 1.25 bits per heavy atom. The van der Waals surface area contributed by atoms with Crippen molar-refractivity contribution in [1.82, 2.24) is 4.90 Å². The third-order valence-electron chi connectivity index (χ3n) is 4.30. The first-order valence-electron chi connectivity index (χ1n) is 7.70. The summed E-state index contributed by atoms with van der Waals surface area (Å²) < 4.78 is 27.6. The Hall–Kier alpha value is -2.31. The van der Waals surface area contributed by atoms with Crippen LogP contribution in [0, 0.1) is 11.6 Å². The van der Waals surface area contributed by atoms with Crippen LogP contribution in [0.1, 0.15) is 33.9 Å². The van der Waals surface area contributed by atoms with Crippen molar-refractivity contribution in [3.8, 4) is 0 Å². The smallest absolute Gasteiger partial charge is 0.248 e. The van der Waals surface area contributed by atoms with E-state index in [2.05, 4.69) is 0 Å². The highest BCUT2D eigenvalue weighted by Gasteiger charge is 2.33. The third kappa shape index (κ3) is 3.44. The van der Waals surface area contributed by atoms with Crippen LogP contribution in [0.2, 0.25) is 0 Å². The lowest BCUT2D eigenvalue weighted by atomic mass is 10.0. The van der Waals surface area contributed by atoms with E-state index in [4.69, 9.17) is 5.73 Å². The van der Waals surface area contributed by atoms with Crippen molar-refractivity contribution in [3.63, 3.8) is 0 Å². The van der Waals surface area contributed by atoms with Gasteiger partial charge in [0.2, 0.25) is 5.91 Å². The molecule has 2 atom stereocenters. The van der Waals surface area contributed by atoms with E-state index in [1.807, 2.05) is 11.0 Å². The predicted molar refractivity (Wildman–Crippen MR) is 85.1 cm³/mol. The van der Waals surface area contributed by atoms with E-state index in [9.17, 15) is 18.7 Å². The van der Waals surface area contributed by atoms with Crippen LogP contribution in [0.15, 0.2) is 42.5 Å². The minimum absolute atomic E-state index is 0.234. The number of benzene rings is 2. The van der Waals surface area contributed by atoms with Crippen LogP contribution in [0.3, 0.4) is 0 Å². The molecule has 1 amide bonds. The third-order valence-corrected chi connectivity index (χ3v) is 4.30. The Kier molecular flexibility index (Phi) is 4.59. The Morgan fingerprint density at radius 3 is 2.79 bits per heavy atom. The second-order valence-electron chi connectivity index (χ2n) is 6.07. The molecule has 2 aromatic carbocycles. The fourth-order valence-electron chi connectivity index (χ4n) is 3.21. The van der Waals surface area contributed by atoms with E-state index in [0.29, 0.717) is 25.1 Å². The van der Waals surface area contributed by atoms with Gasteiger partial charge in [-0.05, 0) is 42.3 Å². The van der Waals surface area contributed by atoms with Gasteiger partial charge in [0.15, 0.2) is 0 Å². The largest absolute Gasteiger partial charge is 0.392 e. The van der Waals surface area contributed by atoms with Crippen molar-refractivity contribution in [2.45, 2.75) is 25.1 Å². The van der Waals surface area contributed by atoms with E-state index in [1.54, 1.807) is 18.2 Å². The van der Waals surface area contributed by atoms with Gasteiger partial charge < -0.3 is 10.8 Å². The van der Waals surface area contributed by atoms with Gasteiger partial charge in [0.1, 0.15) is 11.6 Å². The van der Waals surface area contributed by atoms with Crippen molar-refractivity contribution in [2.75, 3.05) is 6.54 Å². The average molecular weight is 332 g/mol. The summed E-state index contributed by atoms with van der Waals surface area (Å²) >= 11 is 0. The fraction of sp³-hybridized carbons (Fsp3) is 0.278. The highest BCUT2D eigenvalue weighted by Crippen LogP contribution is 2.35. The summed E-state index contributed by atoms with van der Waals surface area (Å²) in [6.07, 6.45) is -0.285. The van der Waals surface area contributed by atoms with Crippen LogP contribution in [-0.4, -0.2) is 28.6 Å². The minimum Gasteiger partial charge on any atom is -0.392 e. The molecular formula is C18H18F2N2O2. The molecule has 1 saturated heterocycles. The zero-order valence-electron chi connectivity index (χ0n) is 13.0. The summed E-state index contributed by atoms with van der Waals surface area (Å²) in [5, 5.41) is 9.98. The lowest BCUT2D eigenvalue weighted by molar-refractivity contribution is 0.1000. The van der Waals surface area contributed by atoms with E-state index in [1.165, 1.54) is 6.07 Å². The Labute approximate surface area is 138 Å². The number of nitrogens with two attached hydrogens (primary N) is 1. The van der Waals surface area contributed by atoms with Gasteiger partial charge >= 0.3 is 0 Å². The van der Waals surface area contributed by atoms with E-state index in [-0.39, 0.29) is 5.56 Å². The maximum Gasteiger partial charge on any atom is 0.248 e. The highest BCUT2D eigenvalue weighted by atomic mass is 19.1. The molecule has 3 N–H and O–H groups in total. The molecule has 0 spiro atoms. The molecular weight excluding hydrogens is 314 g/mol. The van der Waals surface area contributed by atoms with Crippen molar-refractivity contribution < 1.29 is 18.7 Å². The molecule has 0 saturated carbocycles. The summed E-state index contributed by atoms with van der Waals surface area (Å²) in [7, 11) is 0. The molecule has 0 aliphatic carbocycles. The van der Waals surface area contributed by atoms with Crippen LogP contribution in [0.25, 0.3) is 0 Å². The summed E-state index contributed by atoms with van der Waals surface area (Å²) in [5.74, 6) is -1.53. The molecule has 1 aliphatic heterocycles. The minimum atomic E-state index is -0.614. The van der Waals surface area contributed by atoms with Crippen LogP contribution in [0.4, 0.5) is 8.78 Å². The average Bonchev–Trinajstić information content (AvgIpc) is 2.90. The van der Waals surface area contributed by atoms with Gasteiger partial charge in [0.25, 0.3) is 0 Å². The first-order chi connectivity index (χ1) is 11.4. The molecule has 1 aliphatic rings. The molecule has 4 nitrogen and oxygen atoms in total. The van der Waals surface area contributed by atoms with Gasteiger partial charge in [-0.15, -0.1) is 0 Å². The molecule has 0 unspecified atom stereocenters. The number of rotatable bonds is 4. The first kappa shape index (κ1) is 16.5. The number of amides is 1. The Morgan fingerprint density at radius 2 is 2.04 bits per heavy atom. The summed E-state index contributed by atoms with van der Waals surface area (Å²) in [6, 6.07) is 9.76. The number of likely N-dealkylation sites (tertiary alicyclic amines) is 1. The number of carbonyl (C=O) groups excluding carboxylic acids is 1. The van der Waals surface area contributed by atoms with Gasteiger partial charge in [0, 0.05) is 30.3 Å². The Bertz CT molecular complexity index is 766. The number of hydrogen-bond donors (Lipinski definition) is 2. The van der Waals surface area contributed by atoms with Gasteiger partial charge in [-0.25, -0.2) is 8.78 Å². The monoisotopic (exact) mass is 332 g/mol. The number of aliphatic hydroxyl groups is 1. The number of carbonyl (C=O) groups is 1. The molecule has 1 fully saturated rings. The summed E-state index contributed by atoms with van der Waals surface area (Å²) in [6.45, 7) is 0.750. The number of halogens is 2. The van der Waals surface area contributed by atoms with E-state index < -0.39 is 29.7 Å². The van der Waals surface area contributed by atoms with Crippen molar-refractivity contribution in [3.05, 3.63) is 70.8 Å². The fourth-order valence-corrected chi connectivity index (χ4v) is 3.21. The van der Waals surface area contributed by atoms with Gasteiger partial charge in [-0.2, -0.15) is 0 Å². The van der Waals surface area contributed by atoms with Crippen molar-refractivity contribution >= 4 is 5.91 Å². The molecule has 0 aromatic heterocycles. The molecule has 126 valence electrons. The SMILES string of the molecule is NC(=O)c1cccc(CN2C[C@@H](O)C[C@H]2c2cc(F)ccc2F)c1. The maximum atomic E-state index is 14.1. The molecule has 6 heteroatoms. The molecule has 0 bridgehead atoms. The van der Waals surface area contributed by atoms with Crippen LogP contribution >= 0.6 is 0 Å². The summed E-state index contributed by atoms with van der Waals surface area (Å²) in [5.41, 5.74) is 6.73. The number of hydrogen-bond acceptors (Lipinski definition) is 3. The second-order valence-corrected chi connectivity index (χ2v) is 6.07. The number of nitrogens with zero attached hydrogens (tertiary/aromatic N) is 1. The van der Waals surface area contributed by atoms with Crippen LogP contribution < -0.4 is 5.73 Å². The number of primary amides is 1.